The summed E-state index contributed by atoms with van der Waals surface area (Å²) in [6.45, 7) is 1.12. The van der Waals surface area contributed by atoms with Crippen molar-refractivity contribution in [3.63, 3.8) is 0 Å². The topological polar surface area (TPSA) is 69.9 Å². The zero-order valence-corrected chi connectivity index (χ0v) is 13.9. The lowest BCUT2D eigenvalue weighted by atomic mass is 10.1. The van der Waals surface area contributed by atoms with Crippen molar-refractivity contribution in [2.45, 2.75) is 45.3 Å². The van der Waals surface area contributed by atoms with Crippen LogP contribution in [0.5, 0.6) is 5.75 Å². The number of aromatic nitrogens is 4. The SMILES string of the molecule is CC(C)n1nc(-c2cncc(OC(F)F)c2)nc1C1[C@H]2CC(=O)C[C@@H]12. The first-order valence-electron chi connectivity index (χ1n) is 8.32. The Bertz CT molecular complexity index is 807. The van der Waals surface area contributed by atoms with Crippen molar-refractivity contribution in [3.8, 4) is 17.1 Å². The van der Waals surface area contributed by atoms with Gasteiger partial charge in [0.15, 0.2) is 5.82 Å². The molecule has 6 nitrogen and oxygen atoms in total. The largest absolute Gasteiger partial charge is 0.433 e. The van der Waals surface area contributed by atoms with E-state index in [1.54, 1.807) is 0 Å². The Balaban J connectivity index is 1.65. The molecular formula is C17H18F2N4O2. The fourth-order valence-corrected chi connectivity index (χ4v) is 3.77. The minimum Gasteiger partial charge on any atom is -0.433 e. The summed E-state index contributed by atoms with van der Waals surface area (Å²) in [5.41, 5.74) is 0.528. The number of pyridine rings is 1. The second kappa shape index (κ2) is 5.86. The number of hydrogen-bond donors (Lipinski definition) is 0. The molecule has 2 heterocycles. The molecule has 0 saturated heterocycles. The van der Waals surface area contributed by atoms with Crippen LogP contribution in [0.15, 0.2) is 18.5 Å². The van der Waals surface area contributed by atoms with Crippen LogP contribution in [0.4, 0.5) is 8.78 Å². The van der Waals surface area contributed by atoms with Gasteiger partial charge < -0.3 is 4.74 Å². The number of ether oxygens (including phenoxy) is 1. The molecule has 3 atom stereocenters. The van der Waals surface area contributed by atoms with Crippen LogP contribution < -0.4 is 4.74 Å². The Morgan fingerprint density at radius 3 is 2.60 bits per heavy atom. The molecule has 0 aliphatic heterocycles. The monoisotopic (exact) mass is 348 g/mol. The molecule has 2 aliphatic carbocycles. The Labute approximate surface area is 143 Å². The van der Waals surface area contributed by atoms with Gasteiger partial charge in [0.1, 0.15) is 17.4 Å². The van der Waals surface area contributed by atoms with Gasteiger partial charge in [-0.25, -0.2) is 9.67 Å². The maximum absolute atomic E-state index is 12.4. The molecule has 2 fully saturated rings. The number of carbonyl (C=O) groups excluding carboxylic acids is 1. The molecule has 1 unspecified atom stereocenters. The average molecular weight is 348 g/mol. The first-order valence-corrected chi connectivity index (χ1v) is 8.32. The molecule has 2 aromatic heterocycles. The smallest absolute Gasteiger partial charge is 0.387 e. The molecule has 0 N–H and O–H groups in total. The highest BCUT2D eigenvalue weighted by atomic mass is 19.3. The number of alkyl halides is 2. The number of carbonyl (C=O) groups is 1. The fraction of sp³-hybridized carbons (Fsp3) is 0.529. The lowest BCUT2D eigenvalue weighted by molar-refractivity contribution is -0.118. The van der Waals surface area contributed by atoms with Crippen LogP contribution in [0.25, 0.3) is 11.4 Å². The summed E-state index contributed by atoms with van der Waals surface area (Å²) in [6, 6.07) is 1.57. The molecule has 0 spiro atoms. The minimum atomic E-state index is -2.91. The zero-order valence-electron chi connectivity index (χ0n) is 13.9. The van der Waals surface area contributed by atoms with Gasteiger partial charge in [0.2, 0.25) is 0 Å². The Hall–Kier alpha value is -2.38. The maximum Gasteiger partial charge on any atom is 0.387 e. The molecule has 132 valence electrons. The first-order chi connectivity index (χ1) is 11.9. The summed E-state index contributed by atoms with van der Waals surface area (Å²) in [5, 5.41) is 4.55. The van der Waals surface area contributed by atoms with Gasteiger partial charge in [-0.15, -0.1) is 0 Å². The second-order valence-corrected chi connectivity index (χ2v) is 6.92. The molecule has 0 bridgehead atoms. The maximum atomic E-state index is 12.4. The number of Topliss-reactive ketones (excluding diaryl/α,β-unsaturated/α-hetero) is 1. The summed E-state index contributed by atoms with van der Waals surface area (Å²) in [4.78, 5) is 20.1. The summed E-state index contributed by atoms with van der Waals surface area (Å²) >= 11 is 0. The molecule has 0 aromatic carbocycles. The predicted molar refractivity (Wildman–Crippen MR) is 84.2 cm³/mol. The third-order valence-corrected chi connectivity index (χ3v) is 4.90. The van der Waals surface area contributed by atoms with E-state index < -0.39 is 6.61 Å². The van der Waals surface area contributed by atoms with Crippen molar-refractivity contribution < 1.29 is 18.3 Å². The van der Waals surface area contributed by atoms with E-state index >= 15 is 0 Å². The van der Waals surface area contributed by atoms with Crippen LogP contribution >= 0.6 is 0 Å². The molecule has 2 aliphatic rings. The number of rotatable bonds is 5. The minimum absolute atomic E-state index is 0.0242. The quantitative estimate of drug-likeness (QED) is 0.830. The standard InChI is InChI=1S/C17H18F2N4O2/c1-8(2)23-16(14-12-4-10(24)5-13(12)14)21-15(22-23)9-3-11(7-20-6-9)25-17(18)19/h3,6-8,12-14,17H,4-5H2,1-2H3/t12-,13+,14?. The molecule has 25 heavy (non-hydrogen) atoms. The van der Waals surface area contributed by atoms with Crippen molar-refractivity contribution in [1.29, 1.82) is 0 Å². The van der Waals surface area contributed by atoms with Crippen LogP contribution in [0.3, 0.4) is 0 Å². The highest BCUT2D eigenvalue weighted by Gasteiger charge is 2.58. The zero-order chi connectivity index (χ0) is 17.7. The number of nitrogens with zero attached hydrogens (tertiary/aromatic N) is 4. The highest BCUT2D eigenvalue weighted by molar-refractivity contribution is 5.83. The van der Waals surface area contributed by atoms with Gasteiger partial charge in [0.05, 0.1) is 6.20 Å². The van der Waals surface area contributed by atoms with Gasteiger partial charge in [-0.3, -0.25) is 9.78 Å². The first kappa shape index (κ1) is 16.1. The van der Waals surface area contributed by atoms with Gasteiger partial charge >= 0.3 is 6.61 Å². The molecule has 2 saturated carbocycles. The summed E-state index contributed by atoms with van der Waals surface area (Å²) in [5.74, 6) is 2.60. The van der Waals surface area contributed by atoms with E-state index in [1.807, 2.05) is 18.5 Å². The van der Waals surface area contributed by atoms with Crippen LogP contribution in [-0.4, -0.2) is 32.1 Å². The van der Waals surface area contributed by atoms with Gasteiger partial charge in [-0.05, 0) is 31.7 Å². The van der Waals surface area contributed by atoms with Gasteiger partial charge in [-0.1, -0.05) is 0 Å². The van der Waals surface area contributed by atoms with E-state index in [9.17, 15) is 13.6 Å². The van der Waals surface area contributed by atoms with Crippen molar-refractivity contribution in [2.75, 3.05) is 0 Å². The number of ketones is 1. The van der Waals surface area contributed by atoms with E-state index in [2.05, 4.69) is 19.8 Å². The highest BCUT2D eigenvalue weighted by Crippen LogP contribution is 2.61. The van der Waals surface area contributed by atoms with Gasteiger partial charge in [0.25, 0.3) is 0 Å². The summed E-state index contributed by atoms with van der Waals surface area (Å²) < 4.78 is 31.0. The molecular weight excluding hydrogens is 330 g/mol. The normalized spacial score (nSPS) is 24.9. The van der Waals surface area contributed by atoms with E-state index in [0.29, 0.717) is 41.8 Å². The lowest BCUT2D eigenvalue weighted by Crippen LogP contribution is -2.10. The molecule has 0 radical (unpaired) electrons. The van der Waals surface area contributed by atoms with Crippen LogP contribution in [0.1, 0.15) is 44.5 Å². The van der Waals surface area contributed by atoms with E-state index in [1.165, 1.54) is 18.5 Å². The average Bonchev–Trinajstić information content (AvgIpc) is 2.91. The second-order valence-electron chi connectivity index (χ2n) is 6.92. The van der Waals surface area contributed by atoms with Crippen molar-refractivity contribution in [3.05, 3.63) is 24.3 Å². The van der Waals surface area contributed by atoms with Crippen LogP contribution in [0.2, 0.25) is 0 Å². The number of hydrogen-bond acceptors (Lipinski definition) is 5. The predicted octanol–water partition coefficient (Wildman–Crippen LogP) is 3.21. The van der Waals surface area contributed by atoms with Crippen molar-refractivity contribution >= 4 is 5.78 Å². The van der Waals surface area contributed by atoms with Crippen LogP contribution in [-0.2, 0) is 4.79 Å². The third kappa shape index (κ3) is 2.89. The Morgan fingerprint density at radius 1 is 1.24 bits per heavy atom. The van der Waals surface area contributed by atoms with E-state index in [0.717, 1.165) is 5.82 Å². The van der Waals surface area contributed by atoms with Crippen molar-refractivity contribution in [2.24, 2.45) is 11.8 Å². The molecule has 0 amide bonds. The van der Waals surface area contributed by atoms with Gasteiger partial charge in [-0.2, -0.15) is 13.9 Å². The third-order valence-electron chi connectivity index (χ3n) is 4.90. The van der Waals surface area contributed by atoms with Crippen LogP contribution in [0, 0.1) is 11.8 Å². The van der Waals surface area contributed by atoms with E-state index in [4.69, 9.17) is 0 Å². The summed E-state index contributed by atoms with van der Waals surface area (Å²) in [6.07, 6.45) is 4.00. The fourth-order valence-electron chi connectivity index (χ4n) is 3.77. The molecule has 2 aromatic rings. The molecule has 4 rings (SSSR count). The van der Waals surface area contributed by atoms with E-state index in [-0.39, 0.29) is 17.7 Å². The molecule has 8 heteroatoms. The number of halogens is 2. The Kier molecular flexibility index (Phi) is 3.77. The Morgan fingerprint density at radius 2 is 1.96 bits per heavy atom. The summed E-state index contributed by atoms with van der Waals surface area (Å²) in [7, 11) is 0. The lowest BCUT2D eigenvalue weighted by Gasteiger charge is -2.09. The number of fused-ring (bicyclic) bond motifs is 1. The van der Waals surface area contributed by atoms with Crippen molar-refractivity contribution in [1.82, 2.24) is 19.7 Å². The van der Waals surface area contributed by atoms with Gasteiger partial charge in [0, 0.05) is 36.6 Å².